The highest BCUT2D eigenvalue weighted by Gasteiger charge is 2.33. The second-order valence-corrected chi connectivity index (χ2v) is 10.8. The smallest absolute Gasteiger partial charge is 0.306 e. The van der Waals surface area contributed by atoms with E-state index in [0.29, 0.717) is 37.4 Å². The summed E-state index contributed by atoms with van der Waals surface area (Å²) in [4.78, 5) is 21.1. The number of rotatable bonds is 17. The third-order valence-electron chi connectivity index (χ3n) is 7.49. The Balaban J connectivity index is 1.36. The summed E-state index contributed by atoms with van der Waals surface area (Å²) in [7, 11) is 0. The zero-order chi connectivity index (χ0) is 27.0. The van der Waals surface area contributed by atoms with Gasteiger partial charge < -0.3 is 9.47 Å². The van der Waals surface area contributed by atoms with Crippen molar-refractivity contribution in [2.24, 2.45) is 5.92 Å². The number of aromatic nitrogens is 2. The molecule has 1 aliphatic rings. The molecule has 1 fully saturated rings. The van der Waals surface area contributed by atoms with E-state index in [1.54, 1.807) is 0 Å². The van der Waals surface area contributed by atoms with E-state index in [1.165, 1.54) is 50.5 Å². The lowest BCUT2D eigenvalue weighted by Crippen LogP contribution is -2.35. The van der Waals surface area contributed by atoms with E-state index in [4.69, 9.17) is 9.47 Å². The predicted octanol–water partition coefficient (Wildman–Crippen LogP) is 8.45. The molecule has 3 rings (SSSR count). The number of unbranched alkanes of at least 4 members (excludes halogenated alkanes) is 8. The maximum absolute atomic E-state index is 14.7. The molecule has 0 saturated heterocycles. The third kappa shape index (κ3) is 10.7. The Labute approximate surface area is 229 Å². The number of ether oxygens (including phenoxy) is 2. The fraction of sp³-hybridized carbons (Fsp3) is 0.656. The van der Waals surface area contributed by atoms with E-state index in [-0.39, 0.29) is 24.4 Å². The maximum atomic E-state index is 14.7. The molecule has 0 amide bonds. The number of carbonyl (C=O) groups is 1. The van der Waals surface area contributed by atoms with Crippen molar-refractivity contribution in [3.05, 3.63) is 42.2 Å². The van der Waals surface area contributed by atoms with Gasteiger partial charge in [0.25, 0.3) is 0 Å². The first-order valence-electron chi connectivity index (χ1n) is 15.0. The summed E-state index contributed by atoms with van der Waals surface area (Å²) in [5, 5.41) is 0. The van der Waals surface area contributed by atoms with Crippen LogP contribution < -0.4 is 4.74 Å². The van der Waals surface area contributed by atoms with Gasteiger partial charge in [0, 0.05) is 36.7 Å². The summed E-state index contributed by atoms with van der Waals surface area (Å²) in [6, 6.07) is 7.68. The van der Waals surface area contributed by atoms with Crippen LogP contribution in [-0.4, -0.2) is 34.8 Å². The topological polar surface area (TPSA) is 61.3 Å². The SMILES string of the molecule is CCCCCCCCCc1cnc(-c2ccc(OCC3CC[C@@H](OC(=O)CCCCC)C[C@H]3F)cc2)nc1. The zero-order valence-corrected chi connectivity index (χ0v) is 23.5. The van der Waals surface area contributed by atoms with Crippen molar-refractivity contribution in [1.82, 2.24) is 9.97 Å². The van der Waals surface area contributed by atoms with Gasteiger partial charge in [-0.05, 0) is 61.9 Å². The summed E-state index contributed by atoms with van der Waals surface area (Å²) < 4.78 is 26.1. The number of nitrogens with zero attached hydrogens (tertiary/aromatic N) is 2. The van der Waals surface area contributed by atoms with Crippen LogP contribution in [0.1, 0.15) is 109 Å². The highest BCUT2D eigenvalue weighted by molar-refractivity contribution is 5.69. The van der Waals surface area contributed by atoms with Gasteiger partial charge in [-0.25, -0.2) is 14.4 Å². The van der Waals surface area contributed by atoms with Gasteiger partial charge in [-0.3, -0.25) is 4.79 Å². The standard InChI is InChI=1S/C32H47FN2O3/c1-3-5-7-8-9-10-12-13-25-22-34-32(35-23-25)26-15-18-28(19-16-26)37-24-27-17-20-29(21-30(27)33)38-31(36)14-11-6-4-2/h15-16,18-19,22-23,27,29-30H,3-14,17,20-21,24H2,1-2H3/t27?,29-,30-/m1/s1. The van der Waals surface area contributed by atoms with Crippen LogP contribution in [0.3, 0.4) is 0 Å². The lowest BCUT2D eigenvalue weighted by atomic mass is 9.86. The molecule has 3 atom stereocenters. The molecule has 1 unspecified atom stereocenters. The molecule has 210 valence electrons. The number of carbonyl (C=O) groups excluding carboxylic acids is 1. The summed E-state index contributed by atoms with van der Waals surface area (Å²) in [5.74, 6) is 1.03. The Morgan fingerprint density at radius 3 is 2.24 bits per heavy atom. The molecule has 1 saturated carbocycles. The molecule has 6 heteroatoms. The molecular formula is C32H47FN2O3. The van der Waals surface area contributed by atoms with Crippen molar-refractivity contribution in [2.75, 3.05) is 6.61 Å². The predicted molar refractivity (Wildman–Crippen MR) is 151 cm³/mol. The fourth-order valence-electron chi connectivity index (χ4n) is 5.02. The first kappa shape index (κ1) is 30.0. The van der Waals surface area contributed by atoms with Crippen LogP contribution in [0.5, 0.6) is 5.75 Å². The van der Waals surface area contributed by atoms with Gasteiger partial charge in [0.2, 0.25) is 0 Å². The molecule has 5 nitrogen and oxygen atoms in total. The molecule has 0 bridgehead atoms. The van der Waals surface area contributed by atoms with Crippen LogP contribution in [0.2, 0.25) is 0 Å². The Bertz CT molecular complexity index is 919. The number of hydrogen-bond donors (Lipinski definition) is 0. The van der Waals surface area contributed by atoms with Crippen molar-refractivity contribution >= 4 is 5.97 Å². The first-order chi connectivity index (χ1) is 18.6. The summed E-state index contributed by atoms with van der Waals surface area (Å²) in [6.07, 6.45) is 17.6. The normalized spacial score (nSPS) is 19.3. The molecule has 1 aromatic carbocycles. The fourth-order valence-corrected chi connectivity index (χ4v) is 5.02. The second kappa shape index (κ2) is 17.2. The molecular weight excluding hydrogens is 479 g/mol. The zero-order valence-electron chi connectivity index (χ0n) is 23.5. The van der Waals surface area contributed by atoms with Crippen molar-refractivity contribution in [1.29, 1.82) is 0 Å². The molecule has 38 heavy (non-hydrogen) atoms. The molecule has 1 aliphatic carbocycles. The number of benzene rings is 1. The van der Waals surface area contributed by atoms with Gasteiger partial charge in [0.05, 0.1) is 6.61 Å². The number of aryl methyl sites for hydroxylation is 1. The van der Waals surface area contributed by atoms with Crippen LogP contribution in [0.4, 0.5) is 4.39 Å². The summed E-state index contributed by atoms with van der Waals surface area (Å²) in [5.41, 5.74) is 2.12. The van der Waals surface area contributed by atoms with E-state index in [9.17, 15) is 9.18 Å². The number of hydrogen-bond acceptors (Lipinski definition) is 5. The van der Waals surface area contributed by atoms with E-state index in [2.05, 4.69) is 23.8 Å². The number of halogens is 1. The van der Waals surface area contributed by atoms with Crippen molar-refractivity contribution < 1.29 is 18.7 Å². The number of alkyl halides is 1. The first-order valence-corrected chi connectivity index (χ1v) is 15.0. The quantitative estimate of drug-likeness (QED) is 0.153. The molecule has 1 aromatic heterocycles. The van der Waals surface area contributed by atoms with Crippen molar-refractivity contribution in [3.8, 4) is 17.1 Å². The van der Waals surface area contributed by atoms with Gasteiger partial charge in [-0.2, -0.15) is 0 Å². The Hall–Kier alpha value is -2.50. The van der Waals surface area contributed by atoms with E-state index < -0.39 is 6.17 Å². The van der Waals surface area contributed by atoms with E-state index in [1.807, 2.05) is 36.7 Å². The highest BCUT2D eigenvalue weighted by Crippen LogP contribution is 2.30. The van der Waals surface area contributed by atoms with Gasteiger partial charge in [0.1, 0.15) is 18.0 Å². The maximum Gasteiger partial charge on any atom is 0.306 e. The minimum absolute atomic E-state index is 0.183. The average Bonchev–Trinajstić information content (AvgIpc) is 2.93. The monoisotopic (exact) mass is 526 g/mol. The Morgan fingerprint density at radius 1 is 0.895 bits per heavy atom. The van der Waals surface area contributed by atoms with Gasteiger partial charge in [0.15, 0.2) is 5.82 Å². The van der Waals surface area contributed by atoms with E-state index in [0.717, 1.165) is 31.2 Å². The Kier molecular flexibility index (Phi) is 13.6. The van der Waals surface area contributed by atoms with Crippen LogP contribution in [0.15, 0.2) is 36.7 Å². The summed E-state index contributed by atoms with van der Waals surface area (Å²) in [6.45, 7) is 4.67. The van der Waals surface area contributed by atoms with Crippen molar-refractivity contribution in [2.45, 2.75) is 122 Å². The molecule has 2 aromatic rings. The molecule has 0 aliphatic heterocycles. The largest absolute Gasteiger partial charge is 0.493 e. The van der Waals surface area contributed by atoms with Gasteiger partial charge in [-0.15, -0.1) is 0 Å². The van der Waals surface area contributed by atoms with Gasteiger partial charge >= 0.3 is 5.97 Å². The van der Waals surface area contributed by atoms with Crippen LogP contribution >= 0.6 is 0 Å². The van der Waals surface area contributed by atoms with Crippen molar-refractivity contribution in [3.63, 3.8) is 0 Å². The number of esters is 1. The van der Waals surface area contributed by atoms with E-state index >= 15 is 0 Å². The minimum Gasteiger partial charge on any atom is -0.493 e. The lowest BCUT2D eigenvalue weighted by molar-refractivity contribution is -0.152. The van der Waals surface area contributed by atoms with Crippen LogP contribution in [-0.2, 0) is 16.0 Å². The van der Waals surface area contributed by atoms with Crippen LogP contribution in [0, 0.1) is 5.92 Å². The third-order valence-corrected chi connectivity index (χ3v) is 7.49. The molecule has 0 radical (unpaired) electrons. The molecule has 0 spiro atoms. The Morgan fingerprint density at radius 2 is 1.55 bits per heavy atom. The molecule has 0 N–H and O–H groups in total. The van der Waals surface area contributed by atoms with Crippen LogP contribution in [0.25, 0.3) is 11.4 Å². The average molecular weight is 527 g/mol. The summed E-state index contributed by atoms with van der Waals surface area (Å²) >= 11 is 0. The second-order valence-electron chi connectivity index (χ2n) is 10.8. The van der Waals surface area contributed by atoms with Gasteiger partial charge in [-0.1, -0.05) is 65.2 Å². The lowest BCUT2D eigenvalue weighted by Gasteiger charge is -2.31. The molecule has 1 heterocycles. The highest BCUT2D eigenvalue weighted by atomic mass is 19.1. The minimum atomic E-state index is -1.02.